The van der Waals surface area contributed by atoms with Crippen LogP contribution in [0.4, 0.5) is 5.00 Å². The summed E-state index contributed by atoms with van der Waals surface area (Å²) in [4.78, 5) is 25.2. The minimum Gasteiger partial charge on any atom is -0.462 e. The first-order valence-corrected chi connectivity index (χ1v) is 8.07. The van der Waals surface area contributed by atoms with Crippen LogP contribution < -0.4 is 5.32 Å². The van der Waals surface area contributed by atoms with E-state index in [1.54, 1.807) is 13.0 Å². The minimum atomic E-state index is -0.412. The zero-order chi connectivity index (χ0) is 15.4. The monoisotopic (exact) mass is 311 g/mol. The highest BCUT2D eigenvalue weighted by atomic mass is 32.1. The largest absolute Gasteiger partial charge is 0.462 e. The average molecular weight is 311 g/mol. The third kappa shape index (κ3) is 3.83. The number of rotatable bonds is 5. The molecule has 1 saturated heterocycles. The van der Waals surface area contributed by atoms with Crippen LogP contribution in [0.2, 0.25) is 0 Å². The Kier molecular flexibility index (Phi) is 5.36. The van der Waals surface area contributed by atoms with E-state index in [0.29, 0.717) is 23.8 Å². The summed E-state index contributed by atoms with van der Waals surface area (Å²) < 4.78 is 10.4. The van der Waals surface area contributed by atoms with Gasteiger partial charge in [0.2, 0.25) is 0 Å². The number of carbonyl (C=O) groups is 2. The lowest BCUT2D eigenvalue weighted by Gasteiger charge is -2.10. The van der Waals surface area contributed by atoms with Crippen molar-refractivity contribution < 1.29 is 19.1 Å². The highest BCUT2D eigenvalue weighted by molar-refractivity contribution is 7.16. The molecule has 21 heavy (non-hydrogen) atoms. The van der Waals surface area contributed by atoms with Gasteiger partial charge >= 0.3 is 5.97 Å². The SMILES string of the molecule is CCOC(=O)c1cc(C(C)C)sc1NC(=O)[C@@H]1CCCO1. The molecule has 0 unspecified atom stereocenters. The second-order valence-corrected chi connectivity index (χ2v) is 6.34. The summed E-state index contributed by atoms with van der Waals surface area (Å²) in [7, 11) is 0. The maximum Gasteiger partial charge on any atom is 0.341 e. The molecule has 0 saturated carbocycles. The molecule has 1 aliphatic heterocycles. The topological polar surface area (TPSA) is 64.6 Å². The Labute approximate surface area is 128 Å². The minimum absolute atomic E-state index is 0.185. The van der Waals surface area contributed by atoms with Gasteiger partial charge in [-0.2, -0.15) is 0 Å². The van der Waals surface area contributed by atoms with Crippen LogP contribution in [0.3, 0.4) is 0 Å². The zero-order valence-corrected chi connectivity index (χ0v) is 13.4. The highest BCUT2D eigenvalue weighted by Gasteiger charge is 2.26. The second-order valence-electron chi connectivity index (χ2n) is 5.26. The van der Waals surface area contributed by atoms with E-state index in [9.17, 15) is 9.59 Å². The van der Waals surface area contributed by atoms with Gasteiger partial charge in [0.25, 0.3) is 5.91 Å². The van der Waals surface area contributed by atoms with Crippen LogP contribution >= 0.6 is 11.3 Å². The van der Waals surface area contributed by atoms with Gasteiger partial charge in [0.15, 0.2) is 0 Å². The van der Waals surface area contributed by atoms with Crippen molar-refractivity contribution in [2.24, 2.45) is 0 Å². The molecule has 2 rings (SSSR count). The van der Waals surface area contributed by atoms with Gasteiger partial charge in [-0.3, -0.25) is 4.79 Å². The molecular weight excluding hydrogens is 290 g/mol. The summed E-state index contributed by atoms with van der Waals surface area (Å²) in [5, 5.41) is 3.37. The van der Waals surface area contributed by atoms with Crippen LogP contribution in [0.1, 0.15) is 54.8 Å². The van der Waals surface area contributed by atoms with Gasteiger partial charge in [-0.15, -0.1) is 11.3 Å². The molecular formula is C15H21NO4S. The summed E-state index contributed by atoms with van der Waals surface area (Å²) in [6, 6.07) is 1.80. The van der Waals surface area contributed by atoms with E-state index in [-0.39, 0.29) is 11.8 Å². The molecule has 0 aromatic carbocycles. The predicted molar refractivity (Wildman–Crippen MR) is 82.0 cm³/mol. The molecule has 1 fully saturated rings. The van der Waals surface area contributed by atoms with Gasteiger partial charge in [-0.25, -0.2) is 4.79 Å². The van der Waals surface area contributed by atoms with Gasteiger partial charge in [-0.1, -0.05) is 13.8 Å². The summed E-state index contributed by atoms with van der Waals surface area (Å²) in [5.41, 5.74) is 0.428. The third-order valence-corrected chi connectivity index (χ3v) is 4.63. The van der Waals surface area contributed by atoms with Gasteiger partial charge in [0.1, 0.15) is 11.1 Å². The summed E-state index contributed by atoms with van der Waals surface area (Å²) in [6.07, 6.45) is 1.21. The Bertz CT molecular complexity index is 518. The van der Waals surface area contributed by atoms with Crippen molar-refractivity contribution in [2.45, 2.75) is 45.6 Å². The number of esters is 1. The Balaban J connectivity index is 2.19. The summed E-state index contributed by atoms with van der Waals surface area (Å²) in [6.45, 7) is 6.78. The van der Waals surface area contributed by atoms with E-state index < -0.39 is 12.1 Å². The van der Waals surface area contributed by atoms with Gasteiger partial charge in [0, 0.05) is 11.5 Å². The highest BCUT2D eigenvalue weighted by Crippen LogP contribution is 2.33. The quantitative estimate of drug-likeness (QED) is 0.848. The lowest BCUT2D eigenvalue weighted by atomic mass is 10.1. The molecule has 116 valence electrons. The normalized spacial score (nSPS) is 18.0. The number of ether oxygens (including phenoxy) is 2. The van der Waals surface area contributed by atoms with Crippen molar-refractivity contribution in [2.75, 3.05) is 18.5 Å². The van der Waals surface area contributed by atoms with Crippen LogP contribution in [0, 0.1) is 0 Å². The molecule has 1 atom stereocenters. The maximum atomic E-state index is 12.1. The molecule has 0 aliphatic carbocycles. The van der Waals surface area contributed by atoms with Crippen molar-refractivity contribution in [3.63, 3.8) is 0 Å². The number of anilines is 1. The number of hydrogen-bond acceptors (Lipinski definition) is 5. The molecule has 1 aromatic heterocycles. The van der Waals surface area contributed by atoms with E-state index in [1.165, 1.54) is 11.3 Å². The molecule has 1 aliphatic rings. The van der Waals surface area contributed by atoms with Crippen molar-refractivity contribution in [3.8, 4) is 0 Å². The Morgan fingerprint density at radius 1 is 1.52 bits per heavy atom. The fourth-order valence-corrected chi connectivity index (χ4v) is 3.18. The Morgan fingerprint density at radius 2 is 2.29 bits per heavy atom. The first kappa shape index (κ1) is 16.0. The zero-order valence-electron chi connectivity index (χ0n) is 12.6. The first-order chi connectivity index (χ1) is 10.0. The average Bonchev–Trinajstić information content (AvgIpc) is 3.08. The van der Waals surface area contributed by atoms with E-state index in [4.69, 9.17) is 9.47 Å². The molecule has 1 amide bonds. The molecule has 1 N–H and O–H groups in total. The van der Waals surface area contributed by atoms with Crippen LogP contribution in [-0.2, 0) is 14.3 Å². The third-order valence-electron chi connectivity index (χ3n) is 3.27. The Hall–Kier alpha value is -1.40. The van der Waals surface area contributed by atoms with Gasteiger partial charge < -0.3 is 14.8 Å². The molecule has 0 spiro atoms. The fourth-order valence-electron chi connectivity index (χ4n) is 2.12. The molecule has 2 heterocycles. The number of amides is 1. The number of carbonyl (C=O) groups excluding carboxylic acids is 2. The molecule has 0 radical (unpaired) electrons. The van der Waals surface area contributed by atoms with Crippen LogP contribution in [0.25, 0.3) is 0 Å². The van der Waals surface area contributed by atoms with E-state index in [1.807, 2.05) is 13.8 Å². The van der Waals surface area contributed by atoms with Crippen molar-refractivity contribution in [1.29, 1.82) is 0 Å². The van der Waals surface area contributed by atoms with Gasteiger partial charge in [0.05, 0.1) is 12.2 Å². The van der Waals surface area contributed by atoms with E-state index >= 15 is 0 Å². The van der Waals surface area contributed by atoms with Crippen molar-refractivity contribution in [3.05, 3.63) is 16.5 Å². The number of hydrogen-bond donors (Lipinski definition) is 1. The molecule has 0 bridgehead atoms. The lowest BCUT2D eigenvalue weighted by Crippen LogP contribution is -2.27. The number of thiophene rings is 1. The van der Waals surface area contributed by atoms with Crippen molar-refractivity contribution >= 4 is 28.2 Å². The molecule has 5 nitrogen and oxygen atoms in total. The lowest BCUT2D eigenvalue weighted by molar-refractivity contribution is -0.124. The molecule has 6 heteroatoms. The van der Waals surface area contributed by atoms with E-state index in [0.717, 1.165) is 17.7 Å². The van der Waals surface area contributed by atoms with Crippen molar-refractivity contribution in [1.82, 2.24) is 0 Å². The fraction of sp³-hybridized carbons (Fsp3) is 0.600. The maximum absolute atomic E-state index is 12.1. The standard InChI is InChI=1S/C15H21NO4S/c1-4-19-15(18)10-8-12(9(2)3)21-14(10)16-13(17)11-6-5-7-20-11/h8-9,11H,4-7H2,1-3H3,(H,16,17)/t11-/m0/s1. The summed E-state index contributed by atoms with van der Waals surface area (Å²) in [5.74, 6) is -0.296. The van der Waals surface area contributed by atoms with E-state index in [2.05, 4.69) is 5.32 Å². The Morgan fingerprint density at radius 3 is 2.86 bits per heavy atom. The smallest absolute Gasteiger partial charge is 0.341 e. The number of nitrogens with one attached hydrogen (secondary N) is 1. The second kappa shape index (κ2) is 7.04. The van der Waals surface area contributed by atoms with Crippen LogP contribution in [-0.4, -0.2) is 31.2 Å². The van der Waals surface area contributed by atoms with Crippen LogP contribution in [0.5, 0.6) is 0 Å². The molecule has 1 aromatic rings. The first-order valence-electron chi connectivity index (χ1n) is 7.26. The van der Waals surface area contributed by atoms with Crippen LogP contribution in [0.15, 0.2) is 6.07 Å². The predicted octanol–water partition coefficient (Wildman–Crippen LogP) is 3.17. The van der Waals surface area contributed by atoms with Gasteiger partial charge in [-0.05, 0) is 31.7 Å². The summed E-state index contributed by atoms with van der Waals surface area (Å²) >= 11 is 1.42.